The zero-order valence-corrected chi connectivity index (χ0v) is 12.5. The first-order valence-corrected chi connectivity index (χ1v) is 7.79. The molecule has 1 aromatic heterocycles. The van der Waals surface area contributed by atoms with Gasteiger partial charge in [0.25, 0.3) is 0 Å². The Hall–Kier alpha value is -1.81. The Balaban J connectivity index is 1.70. The van der Waals surface area contributed by atoms with Crippen molar-refractivity contribution in [2.45, 2.75) is 38.6 Å². The summed E-state index contributed by atoms with van der Waals surface area (Å²) in [6.07, 6.45) is 5.39. The number of nitrogens with zero attached hydrogens (tertiary/aromatic N) is 2. The van der Waals surface area contributed by atoms with Crippen molar-refractivity contribution in [1.82, 2.24) is 15.1 Å². The van der Waals surface area contributed by atoms with Gasteiger partial charge in [0.05, 0.1) is 6.20 Å². The largest absolute Gasteiger partial charge is 0.508 e. The number of likely N-dealkylation sites (tertiary alicyclic amines) is 1. The molecule has 112 valence electrons. The maximum absolute atomic E-state index is 9.93. The number of para-hydroxylation sites is 1. The lowest BCUT2D eigenvalue weighted by atomic mass is 9.91. The Labute approximate surface area is 125 Å². The topological polar surface area (TPSA) is 52.2 Å². The molecule has 2 N–H and O–H groups in total. The summed E-state index contributed by atoms with van der Waals surface area (Å²) in [4.78, 5) is 2.43. The summed E-state index contributed by atoms with van der Waals surface area (Å²) in [5.74, 6) is 0.928. The van der Waals surface area contributed by atoms with E-state index in [4.69, 9.17) is 0 Å². The van der Waals surface area contributed by atoms with Crippen LogP contribution in [-0.4, -0.2) is 33.3 Å². The predicted octanol–water partition coefficient (Wildman–Crippen LogP) is 3.06. The van der Waals surface area contributed by atoms with Crippen molar-refractivity contribution in [1.29, 1.82) is 0 Å². The minimum Gasteiger partial charge on any atom is -0.508 e. The number of piperidine rings is 1. The van der Waals surface area contributed by atoms with Crippen LogP contribution in [0.25, 0.3) is 0 Å². The van der Waals surface area contributed by atoms with Gasteiger partial charge in [-0.25, -0.2) is 0 Å². The molecule has 1 fully saturated rings. The van der Waals surface area contributed by atoms with E-state index in [-0.39, 0.29) is 0 Å². The van der Waals surface area contributed by atoms with Gasteiger partial charge in [0.2, 0.25) is 0 Å². The number of hydrogen-bond donors (Lipinski definition) is 2. The lowest BCUT2D eigenvalue weighted by Gasteiger charge is -2.32. The second-order valence-electron chi connectivity index (χ2n) is 5.87. The van der Waals surface area contributed by atoms with E-state index in [0.29, 0.717) is 11.7 Å². The second kappa shape index (κ2) is 6.31. The van der Waals surface area contributed by atoms with Crippen molar-refractivity contribution >= 4 is 0 Å². The molecule has 21 heavy (non-hydrogen) atoms. The van der Waals surface area contributed by atoms with Crippen molar-refractivity contribution < 1.29 is 5.11 Å². The van der Waals surface area contributed by atoms with E-state index in [1.54, 1.807) is 6.07 Å². The zero-order chi connectivity index (χ0) is 14.7. The number of H-pyrrole nitrogens is 1. The van der Waals surface area contributed by atoms with E-state index >= 15 is 0 Å². The fourth-order valence-electron chi connectivity index (χ4n) is 3.28. The van der Waals surface area contributed by atoms with Crippen LogP contribution >= 0.6 is 0 Å². The molecule has 1 aromatic carbocycles. The Morgan fingerprint density at radius 3 is 3.00 bits per heavy atom. The van der Waals surface area contributed by atoms with Gasteiger partial charge in [-0.15, -0.1) is 0 Å². The van der Waals surface area contributed by atoms with Gasteiger partial charge >= 0.3 is 0 Å². The number of phenolic OH excluding ortho intramolecular Hbond substituents is 1. The number of phenols is 1. The van der Waals surface area contributed by atoms with Crippen LogP contribution < -0.4 is 0 Å². The minimum atomic E-state index is 0.399. The fourth-order valence-corrected chi connectivity index (χ4v) is 3.28. The molecule has 1 atom stereocenters. The van der Waals surface area contributed by atoms with E-state index < -0.39 is 0 Å². The van der Waals surface area contributed by atoms with Crippen LogP contribution in [0.2, 0.25) is 0 Å². The summed E-state index contributed by atoms with van der Waals surface area (Å²) in [6.45, 7) is 5.12. The standard InChI is InChI=1S/C17H23N3O/c1-2-13-10-18-19-17(13)15-7-5-9-20(12-15)11-14-6-3-4-8-16(14)21/h3-4,6,8,10,15,21H,2,5,7,9,11-12H2,1H3,(H,18,19)/t15-/m1/s1. The minimum absolute atomic E-state index is 0.399. The number of hydrogen-bond acceptors (Lipinski definition) is 3. The molecule has 0 radical (unpaired) electrons. The summed E-state index contributed by atoms with van der Waals surface area (Å²) in [5, 5.41) is 17.3. The van der Waals surface area contributed by atoms with Gasteiger partial charge in [0.1, 0.15) is 5.75 Å². The highest BCUT2D eigenvalue weighted by molar-refractivity contribution is 5.31. The molecule has 2 aromatic rings. The van der Waals surface area contributed by atoms with Gasteiger partial charge in [0.15, 0.2) is 0 Å². The number of benzene rings is 1. The molecule has 3 rings (SSSR count). The van der Waals surface area contributed by atoms with Crippen LogP contribution in [0.15, 0.2) is 30.5 Å². The molecule has 0 bridgehead atoms. The summed E-state index contributed by atoms with van der Waals surface area (Å²) >= 11 is 0. The first-order chi connectivity index (χ1) is 10.3. The van der Waals surface area contributed by atoms with E-state index in [2.05, 4.69) is 22.0 Å². The van der Waals surface area contributed by atoms with Gasteiger partial charge in [-0.05, 0) is 37.4 Å². The average molecular weight is 285 g/mol. The Kier molecular flexibility index (Phi) is 4.25. The van der Waals surface area contributed by atoms with Gasteiger partial charge in [-0.3, -0.25) is 10.00 Å². The maximum Gasteiger partial charge on any atom is 0.120 e. The van der Waals surface area contributed by atoms with E-state index in [1.165, 1.54) is 24.1 Å². The monoisotopic (exact) mass is 285 g/mol. The molecule has 4 heteroatoms. The highest BCUT2D eigenvalue weighted by atomic mass is 16.3. The summed E-state index contributed by atoms with van der Waals surface area (Å²) in [5.41, 5.74) is 3.65. The van der Waals surface area contributed by atoms with E-state index in [1.807, 2.05) is 24.4 Å². The SMILES string of the molecule is CCc1cn[nH]c1[C@@H]1CCCN(Cc2ccccc2O)C1. The smallest absolute Gasteiger partial charge is 0.120 e. The molecule has 1 aliphatic heterocycles. The van der Waals surface area contributed by atoms with Crippen LogP contribution in [0, 0.1) is 0 Å². The number of rotatable bonds is 4. The molecule has 2 heterocycles. The first-order valence-electron chi connectivity index (χ1n) is 7.79. The van der Waals surface area contributed by atoms with Crippen LogP contribution in [-0.2, 0) is 13.0 Å². The Morgan fingerprint density at radius 2 is 2.19 bits per heavy atom. The lowest BCUT2D eigenvalue weighted by molar-refractivity contribution is 0.196. The summed E-state index contributed by atoms with van der Waals surface area (Å²) < 4.78 is 0. The summed E-state index contributed by atoms with van der Waals surface area (Å²) in [6, 6.07) is 7.63. The van der Waals surface area contributed by atoms with Gasteiger partial charge in [-0.2, -0.15) is 5.10 Å². The third-order valence-corrected chi connectivity index (χ3v) is 4.43. The maximum atomic E-state index is 9.93. The normalized spacial score (nSPS) is 19.8. The number of aryl methyl sites for hydroxylation is 1. The molecule has 4 nitrogen and oxygen atoms in total. The molecule has 1 saturated heterocycles. The molecule has 0 unspecified atom stereocenters. The van der Waals surface area contributed by atoms with Gasteiger partial charge < -0.3 is 5.11 Å². The van der Waals surface area contributed by atoms with Crippen molar-refractivity contribution in [3.63, 3.8) is 0 Å². The number of aromatic nitrogens is 2. The molecular formula is C17H23N3O. The van der Waals surface area contributed by atoms with Crippen LogP contribution in [0.4, 0.5) is 0 Å². The van der Waals surface area contributed by atoms with Crippen molar-refractivity contribution in [3.8, 4) is 5.75 Å². The second-order valence-corrected chi connectivity index (χ2v) is 5.87. The van der Waals surface area contributed by atoms with Crippen LogP contribution in [0.5, 0.6) is 5.75 Å². The van der Waals surface area contributed by atoms with Crippen molar-refractivity contribution in [3.05, 3.63) is 47.3 Å². The average Bonchev–Trinajstić information content (AvgIpc) is 2.98. The first kappa shape index (κ1) is 14.1. The third-order valence-electron chi connectivity index (χ3n) is 4.43. The molecule has 0 aliphatic carbocycles. The summed E-state index contributed by atoms with van der Waals surface area (Å²) in [7, 11) is 0. The molecular weight excluding hydrogens is 262 g/mol. The van der Waals surface area contributed by atoms with Crippen molar-refractivity contribution in [2.75, 3.05) is 13.1 Å². The fraction of sp³-hybridized carbons (Fsp3) is 0.471. The van der Waals surface area contributed by atoms with Crippen molar-refractivity contribution in [2.24, 2.45) is 0 Å². The van der Waals surface area contributed by atoms with Gasteiger partial charge in [0, 0.05) is 30.3 Å². The highest BCUT2D eigenvalue weighted by Gasteiger charge is 2.24. The highest BCUT2D eigenvalue weighted by Crippen LogP contribution is 2.29. The third kappa shape index (κ3) is 3.10. The molecule has 0 amide bonds. The van der Waals surface area contributed by atoms with Crippen LogP contribution in [0.1, 0.15) is 42.5 Å². The number of aromatic hydroxyl groups is 1. The van der Waals surface area contributed by atoms with Gasteiger partial charge in [-0.1, -0.05) is 25.1 Å². The Bertz CT molecular complexity index is 593. The van der Waals surface area contributed by atoms with E-state index in [0.717, 1.165) is 31.6 Å². The molecule has 0 saturated carbocycles. The number of aromatic amines is 1. The molecule has 0 spiro atoms. The number of nitrogens with one attached hydrogen (secondary N) is 1. The Morgan fingerprint density at radius 1 is 1.33 bits per heavy atom. The van der Waals surface area contributed by atoms with E-state index in [9.17, 15) is 5.11 Å². The molecule has 1 aliphatic rings. The predicted molar refractivity (Wildman–Crippen MR) is 83.3 cm³/mol. The zero-order valence-electron chi connectivity index (χ0n) is 12.5. The lowest BCUT2D eigenvalue weighted by Crippen LogP contribution is -2.34. The quantitative estimate of drug-likeness (QED) is 0.907. The van der Waals surface area contributed by atoms with Crippen LogP contribution in [0.3, 0.4) is 0 Å².